The summed E-state index contributed by atoms with van der Waals surface area (Å²) in [7, 11) is 0. The highest BCUT2D eigenvalue weighted by molar-refractivity contribution is 5.77. The predicted octanol–water partition coefficient (Wildman–Crippen LogP) is 12.0. The minimum atomic E-state index is -0.368. The molecule has 3 aliphatic rings. The van der Waals surface area contributed by atoms with Crippen LogP contribution in [0.1, 0.15) is 171 Å². The highest BCUT2D eigenvalue weighted by atomic mass is 16.5. The van der Waals surface area contributed by atoms with Crippen molar-refractivity contribution in [1.29, 1.82) is 0 Å². The number of carbonyl (C=O) groups excluding carboxylic acids is 6. The van der Waals surface area contributed by atoms with Crippen molar-refractivity contribution in [2.24, 2.45) is 35.5 Å². The number of ether oxygens (including phenoxy) is 4. The number of Topliss-reactive ketones (excluding diaryl/α,β-unsaturated/α-hetero) is 2. The summed E-state index contributed by atoms with van der Waals surface area (Å²) in [4.78, 5) is 67.7. The molecule has 2 aromatic carbocycles. The SMILES string of the molecule is CCC1CCC(C(=O)Oc2ccc(OC(=O)C3CCC(C)CC3)cc2)CC1.CCC1CCC(C(=O)Oc2ccc(OC(C)=O)cc2)CC1.CCCC(C)=O.CCCC(C)=O. The van der Waals surface area contributed by atoms with Crippen molar-refractivity contribution in [3.8, 4) is 23.0 Å². The van der Waals surface area contributed by atoms with Crippen molar-refractivity contribution in [1.82, 2.24) is 0 Å². The van der Waals surface area contributed by atoms with E-state index in [0.29, 0.717) is 28.9 Å². The molecule has 0 aromatic heterocycles. The van der Waals surface area contributed by atoms with Gasteiger partial charge in [0.25, 0.3) is 0 Å². The van der Waals surface area contributed by atoms with Gasteiger partial charge in [-0.25, -0.2) is 0 Å². The third kappa shape index (κ3) is 21.3. The first-order valence-corrected chi connectivity index (χ1v) is 22.7. The van der Waals surface area contributed by atoms with Crippen molar-refractivity contribution < 1.29 is 47.7 Å². The van der Waals surface area contributed by atoms with Crippen molar-refractivity contribution in [2.45, 2.75) is 171 Å². The second-order valence-corrected chi connectivity index (χ2v) is 16.9. The van der Waals surface area contributed by atoms with E-state index in [4.69, 9.17) is 18.9 Å². The van der Waals surface area contributed by atoms with E-state index in [2.05, 4.69) is 20.8 Å². The summed E-state index contributed by atoms with van der Waals surface area (Å²) >= 11 is 0. The van der Waals surface area contributed by atoms with E-state index in [1.165, 1.54) is 19.8 Å². The van der Waals surface area contributed by atoms with Gasteiger partial charge in [-0.05, 0) is 170 Å². The molecule has 334 valence electrons. The van der Waals surface area contributed by atoms with E-state index < -0.39 is 0 Å². The molecule has 10 heteroatoms. The largest absolute Gasteiger partial charge is 0.427 e. The molecule has 0 bridgehead atoms. The monoisotopic (exact) mass is 835 g/mol. The maximum atomic E-state index is 12.4. The quantitative estimate of drug-likeness (QED) is 0.141. The number of hydrogen-bond donors (Lipinski definition) is 0. The molecule has 5 rings (SSSR count). The average Bonchev–Trinajstić information content (AvgIpc) is 3.23. The lowest BCUT2D eigenvalue weighted by molar-refractivity contribution is -0.141. The molecule has 0 amide bonds. The fourth-order valence-corrected chi connectivity index (χ4v) is 7.73. The van der Waals surface area contributed by atoms with Crippen LogP contribution in [-0.4, -0.2) is 35.4 Å². The lowest BCUT2D eigenvalue weighted by atomic mass is 9.81. The van der Waals surface area contributed by atoms with E-state index in [1.54, 1.807) is 62.4 Å². The number of hydrogen-bond acceptors (Lipinski definition) is 10. The Morgan fingerprint density at radius 2 is 0.700 bits per heavy atom. The second-order valence-electron chi connectivity index (χ2n) is 16.9. The summed E-state index contributed by atoms with van der Waals surface area (Å²) in [6.45, 7) is 15.2. The van der Waals surface area contributed by atoms with Crippen LogP contribution < -0.4 is 18.9 Å². The topological polar surface area (TPSA) is 139 Å². The Kier molecular flexibility index (Phi) is 25.0. The van der Waals surface area contributed by atoms with Gasteiger partial charge in [0.2, 0.25) is 0 Å². The van der Waals surface area contributed by atoms with E-state index >= 15 is 0 Å². The maximum absolute atomic E-state index is 12.4. The average molecular weight is 835 g/mol. The Bertz CT molecular complexity index is 1560. The number of carbonyl (C=O) groups is 6. The Morgan fingerprint density at radius 3 is 0.917 bits per heavy atom. The molecule has 0 radical (unpaired) electrons. The minimum Gasteiger partial charge on any atom is -0.427 e. The number of esters is 4. The van der Waals surface area contributed by atoms with Crippen molar-refractivity contribution in [3.63, 3.8) is 0 Å². The molecular formula is C50H74O10. The Hall–Kier alpha value is -4.34. The molecule has 10 nitrogen and oxygen atoms in total. The smallest absolute Gasteiger partial charge is 0.314 e. The van der Waals surface area contributed by atoms with Gasteiger partial charge in [-0.1, -0.05) is 47.5 Å². The fourth-order valence-electron chi connectivity index (χ4n) is 7.73. The Labute approximate surface area is 360 Å². The predicted molar refractivity (Wildman–Crippen MR) is 235 cm³/mol. The number of benzene rings is 2. The zero-order chi connectivity index (χ0) is 44.5. The number of rotatable bonds is 13. The van der Waals surface area contributed by atoms with Gasteiger partial charge in [0.1, 0.15) is 34.6 Å². The summed E-state index contributed by atoms with van der Waals surface area (Å²) < 4.78 is 21.4. The fraction of sp³-hybridized carbons (Fsp3) is 0.640. The summed E-state index contributed by atoms with van der Waals surface area (Å²) in [5.41, 5.74) is 0. The van der Waals surface area contributed by atoms with Gasteiger partial charge in [0, 0.05) is 19.8 Å². The van der Waals surface area contributed by atoms with E-state index in [1.807, 2.05) is 13.8 Å². The highest BCUT2D eigenvalue weighted by Gasteiger charge is 2.29. The van der Waals surface area contributed by atoms with Crippen LogP contribution in [0.25, 0.3) is 0 Å². The second kappa shape index (κ2) is 29.0. The van der Waals surface area contributed by atoms with Gasteiger partial charge < -0.3 is 28.5 Å². The Balaban J connectivity index is 0.000000331. The zero-order valence-electron chi connectivity index (χ0n) is 37.9. The third-order valence-corrected chi connectivity index (χ3v) is 11.6. The van der Waals surface area contributed by atoms with Crippen LogP contribution in [0, 0.1) is 35.5 Å². The van der Waals surface area contributed by atoms with Crippen LogP contribution in [0.4, 0.5) is 0 Å². The van der Waals surface area contributed by atoms with Crippen LogP contribution in [0.3, 0.4) is 0 Å². The first-order chi connectivity index (χ1) is 28.7. The number of ketones is 2. The van der Waals surface area contributed by atoms with Crippen LogP contribution in [0.5, 0.6) is 23.0 Å². The first-order valence-electron chi connectivity index (χ1n) is 22.7. The lowest BCUT2D eigenvalue weighted by Crippen LogP contribution is -2.25. The van der Waals surface area contributed by atoms with Gasteiger partial charge >= 0.3 is 23.9 Å². The summed E-state index contributed by atoms with van der Waals surface area (Å²) in [5, 5.41) is 0. The molecule has 0 N–H and O–H groups in total. The first kappa shape index (κ1) is 51.8. The maximum Gasteiger partial charge on any atom is 0.314 e. The van der Waals surface area contributed by atoms with Gasteiger partial charge in [-0.3, -0.25) is 19.2 Å². The van der Waals surface area contributed by atoms with E-state index in [9.17, 15) is 28.8 Å². The molecule has 0 unspecified atom stereocenters. The molecule has 0 heterocycles. The van der Waals surface area contributed by atoms with Gasteiger partial charge in [0.15, 0.2) is 0 Å². The Morgan fingerprint density at radius 1 is 0.433 bits per heavy atom. The standard InChI is InChI=1S/C23H32O4.C17H22O4.2C5H10O/c1-3-17-6-10-19(11-7-17)23(25)27-21-14-12-20(13-15-21)26-22(24)18-8-4-16(2)5-9-18;1-3-13-4-6-14(7-5-13)17(19)21-16-10-8-15(9-11-16)20-12(2)18;2*1-3-4-5(2)6/h12-19H,3-11H2,1-2H3;8-11,13-14H,3-7H2,1-2H3;2*3-4H2,1-2H3. The van der Waals surface area contributed by atoms with Gasteiger partial charge in [-0.15, -0.1) is 0 Å². The van der Waals surface area contributed by atoms with Crippen LogP contribution in [0.15, 0.2) is 48.5 Å². The molecule has 0 atom stereocenters. The molecule has 0 saturated heterocycles. The van der Waals surface area contributed by atoms with Crippen LogP contribution >= 0.6 is 0 Å². The van der Waals surface area contributed by atoms with E-state index in [0.717, 1.165) is 115 Å². The third-order valence-electron chi connectivity index (χ3n) is 11.6. The van der Waals surface area contributed by atoms with Gasteiger partial charge in [-0.2, -0.15) is 0 Å². The molecule has 0 spiro atoms. The summed E-state index contributed by atoms with van der Waals surface area (Å²) in [6.07, 6.45) is 18.0. The van der Waals surface area contributed by atoms with Crippen molar-refractivity contribution in [2.75, 3.05) is 0 Å². The zero-order valence-corrected chi connectivity index (χ0v) is 37.9. The highest BCUT2D eigenvalue weighted by Crippen LogP contribution is 2.34. The van der Waals surface area contributed by atoms with Gasteiger partial charge in [0.05, 0.1) is 17.8 Å². The van der Waals surface area contributed by atoms with E-state index in [-0.39, 0.29) is 53.2 Å². The van der Waals surface area contributed by atoms with Crippen LogP contribution in [-0.2, 0) is 28.8 Å². The lowest BCUT2D eigenvalue weighted by Gasteiger charge is -2.26. The van der Waals surface area contributed by atoms with Crippen molar-refractivity contribution >= 4 is 35.4 Å². The molecule has 3 aliphatic carbocycles. The summed E-state index contributed by atoms with van der Waals surface area (Å²) in [5.74, 6) is 4.03. The molecule has 60 heavy (non-hydrogen) atoms. The molecular weight excluding hydrogens is 761 g/mol. The molecule has 0 aliphatic heterocycles. The molecule has 3 saturated carbocycles. The van der Waals surface area contributed by atoms with Crippen molar-refractivity contribution in [3.05, 3.63) is 48.5 Å². The summed E-state index contributed by atoms with van der Waals surface area (Å²) in [6, 6.07) is 13.4. The normalized spacial score (nSPS) is 22.0. The minimum absolute atomic E-state index is 0.0111. The molecule has 2 aromatic rings. The molecule has 3 fully saturated rings. The van der Waals surface area contributed by atoms with Crippen LogP contribution in [0.2, 0.25) is 0 Å².